The predicted octanol–water partition coefficient (Wildman–Crippen LogP) is 2.53. The Morgan fingerprint density at radius 2 is 1.94 bits per heavy atom. The van der Waals surface area contributed by atoms with Gasteiger partial charge in [0.15, 0.2) is 5.16 Å². The number of aryl methyl sites for hydroxylation is 1. The summed E-state index contributed by atoms with van der Waals surface area (Å²) in [5, 5.41) is 13.9. The first kappa shape index (κ1) is 13.6. The highest BCUT2D eigenvalue weighted by atomic mass is 32.2. The highest BCUT2D eigenvalue weighted by Crippen LogP contribution is 2.33. The second-order valence-electron chi connectivity index (χ2n) is 5.04. The zero-order chi connectivity index (χ0) is 13.2. The number of nitrogens with zero attached hydrogens (tertiary/aromatic N) is 2. The summed E-state index contributed by atoms with van der Waals surface area (Å²) in [6.45, 7) is 4.20. The number of aliphatic hydroxyl groups excluding tert-OH is 1. The summed E-state index contributed by atoms with van der Waals surface area (Å²) >= 11 is 1.55. The molecule has 1 saturated carbocycles. The quantitative estimate of drug-likeness (QED) is 0.648. The van der Waals surface area contributed by atoms with Crippen LogP contribution in [0.1, 0.15) is 36.9 Å². The van der Waals surface area contributed by atoms with Crippen LogP contribution < -0.4 is 5.32 Å². The molecule has 1 aromatic rings. The molecule has 0 atom stereocenters. The fourth-order valence-electron chi connectivity index (χ4n) is 2.44. The Hall–Kier alpha value is -0.810. The maximum Gasteiger partial charge on any atom is 0.189 e. The fourth-order valence-corrected chi connectivity index (χ4v) is 2.85. The standard InChI is InChI=1S/C13H21N3OS/c1-9-10(2)14-12(18-3)15-11(9)16-13(8-17)6-4-5-7-13/h17H,4-8H2,1-3H3,(H,14,15,16). The first-order valence-electron chi connectivity index (χ1n) is 6.38. The Kier molecular flexibility index (Phi) is 4.12. The molecular formula is C13H21N3OS. The minimum atomic E-state index is -0.179. The lowest BCUT2D eigenvalue weighted by Gasteiger charge is -2.29. The number of anilines is 1. The summed E-state index contributed by atoms with van der Waals surface area (Å²) in [4.78, 5) is 8.96. The van der Waals surface area contributed by atoms with E-state index in [9.17, 15) is 5.11 Å². The van der Waals surface area contributed by atoms with Crippen molar-refractivity contribution >= 4 is 17.6 Å². The minimum absolute atomic E-state index is 0.171. The van der Waals surface area contributed by atoms with Crippen LogP contribution >= 0.6 is 11.8 Å². The van der Waals surface area contributed by atoms with Crippen LogP contribution in [0.5, 0.6) is 0 Å². The van der Waals surface area contributed by atoms with Crippen LogP contribution in [0.15, 0.2) is 5.16 Å². The van der Waals surface area contributed by atoms with Gasteiger partial charge in [-0.3, -0.25) is 0 Å². The molecular weight excluding hydrogens is 246 g/mol. The van der Waals surface area contributed by atoms with Crippen molar-refractivity contribution in [2.24, 2.45) is 0 Å². The molecule has 0 radical (unpaired) electrons. The van der Waals surface area contributed by atoms with Crippen LogP contribution in [-0.2, 0) is 0 Å². The molecule has 1 aromatic heterocycles. The van der Waals surface area contributed by atoms with E-state index in [1.54, 1.807) is 11.8 Å². The summed E-state index contributed by atoms with van der Waals surface area (Å²) in [6, 6.07) is 0. The first-order valence-corrected chi connectivity index (χ1v) is 7.61. The molecule has 2 N–H and O–H groups in total. The van der Waals surface area contributed by atoms with Crippen molar-refractivity contribution in [1.82, 2.24) is 9.97 Å². The van der Waals surface area contributed by atoms with Gasteiger partial charge in [-0.05, 0) is 32.9 Å². The highest BCUT2D eigenvalue weighted by molar-refractivity contribution is 7.98. The Morgan fingerprint density at radius 1 is 1.28 bits per heavy atom. The van der Waals surface area contributed by atoms with Crippen molar-refractivity contribution < 1.29 is 5.11 Å². The monoisotopic (exact) mass is 267 g/mol. The molecule has 0 unspecified atom stereocenters. The van der Waals surface area contributed by atoms with Crippen molar-refractivity contribution in [3.05, 3.63) is 11.3 Å². The number of hydrogen-bond donors (Lipinski definition) is 2. The molecule has 1 aliphatic rings. The van der Waals surface area contributed by atoms with Crippen molar-refractivity contribution in [3.63, 3.8) is 0 Å². The normalized spacial score (nSPS) is 18.0. The van der Waals surface area contributed by atoms with Gasteiger partial charge < -0.3 is 10.4 Å². The van der Waals surface area contributed by atoms with E-state index in [0.29, 0.717) is 0 Å². The second-order valence-corrected chi connectivity index (χ2v) is 5.81. The average Bonchev–Trinajstić information content (AvgIpc) is 2.84. The second kappa shape index (κ2) is 5.45. The molecule has 100 valence electrons. The molecule has 0 spiro atoms. The minimum Gasteiger partial charge on any atom is -0.394 e. The van der Waals surface area contributed by atoms with Crippen LogP contribution in [-0.4, -0.2) is 33.5 Å². The molecule has 0 bridgehead atoms. The summed E-state index contributed by atoms with van der Waals surface area (Å²) in [6.07, 6.45) is 6.35. The first-order chi connectivity index (χ1) is 8.60. The zero-order valence-corrected chi connectivity index (χ0v) is 12.1. The Labute approximate surface area is 113 Å². The van der Waals surface area contributed by atoms with E-state index in [1.165, 1.54) is 12.8 Å². The van der Waals surface area contributed by atoms with Gasteiger partial charge >= 0.3 is 0 Å². The Morgan fingerprint density at radius 3 is 2.50 bits per heavy atom. The molecule has 1 aliphatic carbocycles. The van der Waals surface area contributed by atoms with Gasteiger partial charge in [-0.2, -0.15) is 0 Å². The molecule has 5 heteroatoms. The van der Waals surface area contributed by atoms with E-state index in [0.717, 1.165) is 35.1 Å². The molecule has 1 heterocycles. The zero-order valence-electron chi connectivity index (χ0n) is 11.3. The number of aliphatic hydroxyl groups is 1. The largest absolute Gasteiger partial charge is 0.394 e. The smallest absolute Gasteiger partial charge is 0.189 e. The van der Waals surface area contributed by atoms with Gasteiger partial charge in [-0.25, -0.2) is 9.97 Å². The van der Waals surface area contributed by atoms with Crippen molar-refractivity contribution in [3.8, 4) is 0 Å². The maximum absolute atomic E-state index is 9.65. The van der Waals surface area contributed by atoms with Crippen LogP contribution in [0.25, 0.3) is 0 Å². The summed E-state index contributed by atoms with van der Waals surface area (Å²) < 4.78 is 0. The number of hydrogen-bond acceptors (Lipinski definition) is 5. The number of rotatable bonds is 4. The number of nitrogens with one attached hydrogen (secondary N) is 1. The molecule has 1 fully saturated rings. The SMILES string of the molecule is CSc1nc(C)c(C)c(NC2(CO)CCCC2)n1. The van der Waals surface area contributed by atoms with E-state index in [4.69, 9.17) is 0 Å². The number of aromatic nitrogens is 2. The average molecular weight is 267 g/mol. The third-order valence-electron chi connectivity index (χ3n) is 3.80. The summed E-state index contributed by atoms with van der Waals surface area (Å²) in [5.74, 6) is 0.878. The van der Waals surface area contributed by atoms with Gasteiger partial charge in [0.1, 0.15) is 5.82 Å². The predicted molar refractivity (Wildman–Crippen MR) is 75.2 cm³/mol. The van der Waals surface area contributed by atoms with E-state index in [-0.39, 0.29) is 12.1 Å². The lowest BCUT2D eigenvalue weighted by molar-refractivity contribution is 0.213. The van der Waals surface area contributed by atoms with Crippen molar-refractivity contribution in [1.29, 1.82) is 0 Å². The molecule has 0 aliphatic heterocycles. The van der Waals surface area contributed by atoms with Gasteiger partial charge in [0, 0.05) is 11.3 Å². The highest BCUT2D eigenvalue weighted by Gasteiger charge is 2.33. The molecule has 0 aromatic carbocycles. The summed E-state index contributed by atoms with van der Waals surface area (Å²) in [7, 11) is 0. The van der Waals surface area contributed by atoms with Crippen molar-refractivity contribution in [2.45, 2.75) is 50.2 Å². The third kappa shape index (κ3) is 2.62. The van der Waals surface area contributed by atoms with Gasteiger partial charge in [-0.15, -0.1) is 0 Å². The molecule has 4 nitrogen and oxygen atoms in total. The summed E-state index contributed by atoms with van der Waals surface area (Å²) in [5.41, 5.74) is 1.90. The third-order valence-corrected chi connectivity index (χ3v) is 4.35. The van der Waals surface area contributed by atoms with Crippen LogP contribution in [0.4, 0.5) is 5.82 Å². The van der Waals surface area contributed by atoms with E-state index in [2.05, 4.69) is 15.3 Å². The van der Waals surface area contributed by atoms with Gasteiger partial charge in [0.05, 0.1) is 12.1 Å². The molecule has 0 amide bonds. The molecule has 0 saturated heterocycles. The van der Waals surface area contributed by atoms with Crippen LogP contribution in [0.2, 0.25) is 0 Å². The lowest BCUT2D eigenvalue weighted by atomic mass is 9.98. The van der Waals surface area contributed by atoms with Gasteiger partial charge in [0.25, 0.3) is 0 Å². The van der Waals surface area contributed by atoms with E-state index < -0.39 is 0 Å². The Bertz CT molecular complexity index is 430. The lowest BCUT2D eigenvalue weighted by Crippen LogP contribution is -2.39. The van der Waals surface area contributed by atoms with Gasteiger partial charge in [0.2, 0.25) is 0 Å². The van der Waals surface area contributed by atoms with Gasteiger partial charge in [-0.1, -0.05) is 24.6 Å². The topological polar surface area (TPSA) is 58.0 Å². The van der Waals surface area contributed by atoms with Crippen LogP contribution in [0, 0.1) is 13.8 Å². The van der Waals surface area contributed by atoms with E-state index >= 15 is 0 Å². The molecule has 2 rings (SSSR count). The Balaban J connectivity index is 2.30. The fraction of sp³-hybridized carbons (Fsp3) is 0.692. The van der Waals surface area contributed by atoms with Crippen molar-refractivity contribution in [2.75, 3.05) is 18.2 Å². The number of thioether (sulfide) groups is 1. The maximum atomic E-state index is 9.65. The van der Waals surface area contributed by atoms with E-state index in [1.807, 2.05) is 20.1 Å². The molecule has 18 heavy (non-hydrogen) atoms. The van der Waals surface area contributed by atoms with Crippen LogP contribution in [0.3, 0.4) is 0 Å².